The van der Waals surface area contributed by atoms with Crippen LogP contribution in [0.2, 0.25) is 0 Å². The first-order chi connectivity index (χ1) is 12.0. The van der Waals surface area contributed by atoms with Crippen molar-refractivity contribution in [3.63, 3.8) is 0 Å². The Morgan fingerprint density at radius 3 is 2.72 bits per heavy atom. The normalized spacial score (nSPS) is 29.9. The molecule has 2 heterocycles. The van der Waals surface area contributed by atoms with Crippen LogP contribution in [0.3, 0.4) is 0 Å². The summed E-state index contributed by atoms with van der Waals surface area (Å²) < 4.78 is 31.5. The van der Waals surface area contributed by atoms with E-state index in [0.29, 0.717) is 5.19 Å². The first-order valence-electron chi connectivity index (χ1n) is 9.72. The Hall–Kier alpha value is -0.750. The minimum atomic E-state index is -2.53. The van der Waals surface area contributed by atoms with Crippen LogP contribution in [0.15, 0.2) is 0 Å². The summed E-state index contributed by atoms with van der Waals surface area (Å²) in [5, 5.41) is 0.591. The van der Waals surface area contributed by atoms with Crippen molar-refractivity contribution in [2.24, 2.45) is 11.8 Å². The number of ether oxygens (including phenoxy) is 1. The maximum Gasteiger partial charge on any atom is 0.273 e. The molecule has 1 aromatic rings. The number of thiazole rings is 1. The van der Waals surface area contributed by atoms with E-state index in [1.54, 1.807) is 11.3 Å². The van der Waals surface area contributed by atoms with Gasteiger partial charge in [-0.15, -0.1) is 0 Å². The molecule has 2 aliphatic carbocycles. The van der Waals surface area contributed by atoms with Crippen LogP contribution in [0.5, 0.6) is 5.19 Å². The summed E-state index contributed by atoms with van der Waals surface area (Å²) in [5.41, 5.74) is 1.11. The second-order valence-corrected chi connectivity index (χ2v) is 9.34. The van der Waals surface area contributed by atoms with E-state index >= 15 is 0 Å². The number of rotatable bonds is 5. The minimum absolute atomic E-state index is 0.163. The van der Waals surface area contributed by atoms with Crippen molar-refractivity contribution in [1.82, 2.24) is 9.88 Å². The molecule has 140 valence electrons. The Bertz CT molecular complexity index is 590. The maximum atomic E-state index is 12.9. The van der Waals surface area contributed by atoms with Gasteiger partial charge in [0.1, 0.15) is 6.10 Å². The number of fused-ring (bicyclic) bond motifs is 1. The molecule has 0 spiro atoms. The topological polar surface area (TPSA) is 25.4 Å². The van der Waals surface area contributed by atoms with Gasteiger partial charge in [-0.25, -0.2) is 13.8 Å². The molecular weight excluding hydrogens is 342 g/mol. The lowest BCUT2D eigenvalue weighted by molar-refractivity contribution is -0.134. The van der Waals surface area contributed by atoms with Gasteiger partial charge in [-0.2, -0.15) is 0 Å². The second kappa shape index (κ2) is 7.10. The Kier molecular flexibility index (Phi) is 5.02. The molecule has 1 aromatic heterocycles. The van der Waals surface area contributed by atoms with Gasteiger partial charge in [0.25, 0.3) is 11.1 Å². The quantitative estimate of drug-likeness (QED) is 0.737. The van der Waals surface area contributed by atoms with Gasteiger partial charge in [-0.3, -0.25) is 4.90 Å². The van der Waals surface area contributed by atoms with Gasteiger partial charge < -0.3 is 4.74 Å². The molecule has 0 aromatic carbocycles. The number of alkyl halides is 2. The lowest BCUT2D eigenvalue weighted by Crippen LogP contribution is -2.43. The van der Waals surface area contributed by atoms with Crippen molar-refractivity contribution in [1.29, 1.82) is 0 Å². The smallest absolute Gasteiger partial charge is 0.273 e. The summed E-state index contributed by atoms with van der Waals surface area (Å²) in [6, 6.07) is 0. The van der Waals surface area contributed by atoms with E-state index in [-0.39, 0.29) is 18.9 Å². The van der Waals surface area contributed by atoms with E-state index in [0.717, 1.165) is 43.6 Å². The fourth-order valence-electron chi connectivity index (χ4n) is 4.29. The molecule has 0 amide bonds. The molecule has 0 atom stereocenters. The number of hydrogen-bond acceptors (Lipinski definition) is 4. The van der Waals surface area contributed by atoms with E-state index < -0.39 is 5.92 Å². The lowest BCUT2D eigenvalue weighted by Gasteiger charge is -2.33. The van der Waals surface area contributed by atoms with Gasteiger partial charge in [0.05, 0.1) is 5.69 Å². The first kappa shape index (κ1) is 17.7. The molecule has 2 saturated carbocycles. The van der Waals surface area contributed by atoms with Crippen LogP contribution < -0.4 is 4.74 Å². The third kappa shape index (κ3) is 4.33. The van der Waals surface area contributed by atoms with E-state index in [4.69, 9.17) is 4.74 Å². The van der Waals surface area contributed by atoms with E-state index in [1.165, 1.54) is 37.0 Å². The van der Waals surface area contributed by atoms with E-state index in [9.17, 15) is 8.78 Å². The molecule has 2 fully saturated rings. The fourth-order valence-corrected chi connectivity index (χ4v) is 5.26. The van der Waals surface area contributed by atoms with Crippen LogP contribution in [-0.2, 0) is 13.0 Å². The monoisotopic (exact) mass is 370 g/mol. The number of aromatic nitrogens is 1. The predicted octanol–water partition coefficient (Wildman–Crippen LogP) is 4.89. The molecule has 3 nitrogen and oxygen atoms in total. The molecule has 0 N–H and O–H groups in total. The summed E-state index contributed by atoms with van der Waals surface area (Å²) in [5.74, 6) is -0.722. The van der Waals surface area contributed by atoms with Crippen LogP contribution in [-0.4, -0.2) is 35.0 Å². The Balaban J connectivity index is 1.25. The molecule has 1 aliphatic heterocycles. The largest absolute Gasteiger partial charge is 0.466 e. The highest BCUT2D eigenvalue weighted by Gasteiger charge is 2.47. The Labute approximate surface area is 152 Å². The van der Waals surface area contributed by atoms with Crippen LogP contribution in [0, 0.1) is 11.8 Å². The van der Waals surface area contributed by atoms with Gasteiger partial charge in [-0.05, 0) is 31.2 Å². The average molecular weight is 371 g/mol. The first-order valence-corrected chi connectivity index (χ1v) is 10.5. The second-order valence-electron chi connectivity index (χ2n) is 8.29. The summed E-state index contributed by atoms with van der Waals surface area (Å²) in [7, 11) is 0. The molecule has 0 saturated heterocycles. The SMILES string of the molecule is CC1CCC(CCN2CCc3sc(OC4CC(F)(F)C4)nc3C2)CC1. The van der Waals surface area contributed by atoms with Crippen molar-refractivity contribution < 1.29 is 13.5 Å². The van der Waals surface area contributed by atoms with Crippen LogP contribution in [0.4, 0.5) is 8.78 Å². The van der Waals surface area contributed by atoms with E-state index in [1.807, 2.05) is 0 Å². The van der Waals surface area contributed by atoms with Crippen molar-refractivity contribution in [3.05, 3.63) is 10.6 Å². The van der Waals surface area contributed by atoms with Crippen LogP contribution >= 0.6 is 11.3 Å². The van der Waals surface area contributed by atoms with Crippen LogP contribution in [0.1, 0.15) is 62.4 Å². The molecule has 0 unspecified atom stereocenters. The van der Waals surface area contributed by atoms with Gasteiger partial charge in [0.2, 0.25) is 0 Å². The zero-order chi connectivity index (χ0) is 17.4. The fraction of sp³-hybridized carbons (Fsp3) is 0.842. The molecule has 3 aliphatic rings. The van der Waals surface area contributed by atoms with Crippen molar-refractivity contribution in [2.75, 3.05) is 13.1 Å². The van der Waals surface area contributed by atoms with Crippen molar-refractivity contribution in [3.8, 4) is 5.19 Å². The highest BCUT2D eigenvalue weighted by atomic mass is 32.1. The molecule has 6 heteroatoms. The molecule has 0 bridgehead atoms. The standard InChI is InChI=1S/C19H28F2N2OS/c1-13-2-4-14(5-3-13)6-8-23-9-7-17-16(12-23)22-18(25-17)24-15-10-19(20,21)11-15/h13-15H,2-12H2,1H3. The third-order valence-corrected chi connectivity index (χ3v) is 7.14. The summed E-state index contributed by atoms with van der Waals surface area (Å²) >= 11 is 1.56. The molecule has 25 heavy (non-hydrogen) atoms. The lowest BCUT2D eigenvalue weighted by atomic mass is 9.81. The molecule has 0 radical (unpaired) electrons. The van der Waals surface area contributed by atoms with Crippen molar-refractivity contribution >= 4 is 11.3 Å². The molecule has 4 rings (SSSR count). The van der Waals surface area contributed by atoms with Gasteiger partial charge in [-0.1, -0.05) is 43.9 Å². The Morgan fingerprint density at radius 1 is 1.24 bits per heavy atom. The molecular formula is C19H28F2N2OS. The minimum Gasteiger partial charge on any atom is -0.466 e. The summed E-state index contributed by atoms with van der Waals surface area (Å²) in [6.45, 7) is 5.49. The van der Waals surface area contributed by atoms with Gasteiger partial charge in [0.15, 0.2) is 0 Å². The van der Waals surface area contributed by atoms with Crippen LogP contribution in [0.25, 0.3) is 0 Å². The number of hydrogen-bond donors (Lipinski definition) is 0. The average Bonchev–Trinajstić information content (AvgIpc) is 2.94. The number of nitrogens with zero attached hydrogens (tertiary/aromatic N) is 2. The van der Waals surface area contributed by atoms with E-state index in [2.05, 4.69) is 16.8 Å². The zero-order valence-corrected chi connectivity index (χ0v) is 15.8. The summed E-state index contributed by atoms with van der Waals surface area (Å²) in [6.07, 6.45) is 7.19. The predicted molar refractivity (Wildman–Crippen MR) is 95.4 cm³/mol. The third-order valence-electron chi connectivity index (χ3n) is 6.10. The summed E-state index contributed by atoms with van der Waals surface area (Å²) in [4.78, 5) is 8.37. The highest BCUT2D eigenvalue weighted by Crippen LogP contribution is 2.41. The van der Waals surface area contributed by atoms with Crippen molar-refractivity contribution in [2.45, 2.75) is 76.9 Å². The highest BCUT2D eigenvalue weighted by molar-refractivity contribution is 7.13. The maximum absolute atomic E-state index is 12.9. The zero-order valence-electron chi connectivity index (χ0n) is 15.0. The van der Waals surface area contributed by atoms with Gasteiger partial charge >= 0.3 is 0 Å². The Morgan fingerprint density at radius 2 is 2.00 bits per heavy atom. The number of halogens is 2. The van der Waals surface area contributed by atoms with Gasteiger partial charge in [0, 0.05) is 30.8 Å².